The van der Waals surface area contributed by atoms with E-state index in [9.17, 15) is 9.59 Å². The first-order chi connectivity index (χ1) is 7.18. The summed E-state index contributed by atoms with van der Waals surface area (Å²) in [5.74, 6) is -0.823. The average molecular weight is 201 g/mol. The quantitative estimate of drug-likeness (QED) is 0.577. The number of carbonyl (C=O) groups excluding carboxylic acids is 2. The number of aryl methyl sites for hydroxylation is 1. The maximum Gasteiger partial charge on any atom is 0.231 e. The van der Waals surface area contributed by atoms with Crippen LogP contribution in [0.15, 0.2) is 12.4 Å². The van der Waals surface area contributed by atoms with Gasteiger partial charge >= 0.3 is 0 Å². The largest absolute Gasteiger partial charge is 0.290 e. The van der Waals surface area contributed by atoms with E-state index in [0.29, 0.717) is 16.8 Å². The maximum atomic E-state index is 11.6. The minimum absolute atomic E-state index is 0.0846. The molecule has 1 aliphatic carbocycles. The summed E-state index contributed by atoms with van der Waals surface area (Å²) in [6, 6.07) is 1.69. The van der Waals surface area contributed by atoms with Gasteiger partial charge in [-0.1, -0.05) is 0 Å². The Morgan fingerprint density at radius 2 is 2.20 bits per heavy atom. The molecule has 74 valence electrons. The molecule has 0 fully saturated rings. The third-order valence-corrected chi connectivity index (χ3v) is 2.63. The molecule has 0 aromatic carbocycles. The van der Waals surface area contributed by atoms with Gasteiger partial charge in [0.1, 0.15) is 6.33 Å². The predicted octanol–water partition coefficient (Wildman–Crippen LogP) is 0.346. The predicted molar refractivity (Wildman–Crippen MR) is 50.8 cm³/mol. The summed E-state index contributed by atoms with van der Waals surface area (Å²) in [7, 11) is 0. The Kier molecular flexibility index (Phi) is 1.38. The first-order valence-electron chi connectivity index (χ1n) is 4.58. The van der Waals surface area contributed by atoms with Crippen molar-refractivity contribution >= 4 is 17.1 Å². The van der Waals surface area contributed by atoms with Crippen LogP contribution in [0.1, 0.15) is 21.7 Å². The van der Waals surface area contributed by atoms with E-state index < -0.39 is 11.6 Å². The number of hydrogen-bond acceptors (Lipinski definition) is 4. The third kappa shape index (κ3) is 0.918. The van der Waals surface area contributed by atoms with Gasteiger partial charge in [-0.25, -0.2) is 9.50 Å². The summed E-state index contributed by atoms with van der Waals surface area (Å²) in [4.78, 5) is 27.0. The molecule has 0 saturated carbocycles. The van der Waals surface area contributed by atoms with Gasteiger partial charge < -0.3 is 0 Å². The zero-order chi connectivity index (χ0) is 10.6. The summed E-state index contributed by atoms with van der Waals surface area (Å²) >= 11 is 0. The van der Waals surface area contributed by atoms with Crippen molar-refractivity contribution in [2.75, 3.05) is 0 Å². The molecule has 0 saturated heterocycles. The molecule has 0 spiro atoms. The molecule has 2 aromatic heterocycles. The van der Waals surface area contributed by atoms with Crippen molar-refractivity contribution in [1.82, 2.24) is 14.6 Å². The zero-order valence-electron chi connectivity index (χ0n) is 8.02. The third-order valence-electron chi connectivity index (χ3n) is 2.63. The van der Waals surface area contributed by atoms with Gasteiger partial charge in [0.05, 0.1) is 23.2 Å². The smallest absolute Gasteiger partial charge is 0.231 e. The van der Waals surface area contributed by atoms with Crippen molar-refractivity contribution in [3.63, 3.8) is 0 Å². The topological polar surface area (TPSA) is 64.3 Å². The molecule has 5 heteroatoms. The molecular formula is C10H7N3O2. The fraction of sp³-hybridized carbons (Fsp3) is 0.200. The molecule has 15 heavy (non-hydrogen) atoms. The number of Topliss-reactive ketones (excluding diaryl/α,β-unsaturated/α-hetero) is 2. The number of aromatic nitrogens is 3. The van der Waals surface area contributed by atoms with Crippen molar-refractivity contribution < 1.29 is 9.59 Å². The van der Waals surface area contributed by atoms with E-state index in [-0.39, 0.29) is 6.42 Å². The zero-order valence-corrected chi connectivity index (χ0v) is 8.02. The Bertz CT molecular complexity index is 612. The van der Waals surface area contributed by atoms with Crippen molar-refractivity contribution in [2.24, 2.45) is 0 Å². The van der Waals surface area contributed by atoms with Gasteiger partial charge in [-0.2, -0.15) is 5.10 Å². The Morgan fingerprint density at radius 1 is 1.40 bits per heavy atom. The fourth-order valence-corrected chi connectivity index (χ4v) is 1.95. The van der Waals surface area contributed by atoms with E-state index in [1.807, 2.05) is 6.92 Å². The van der Waals surface area contributed by atoms with Gasteiger partial charge in [-0.3, -0.25) is 9.59 Å². The number of ketones is 2. The Morgan fingerprint density at radius 3 is 3.00 bits per heavy atom. The lowest BCUT2D eigenvalue weighted by Crippen LogP contribution is -2.22. The standard InChI is InChI=1S/C10H7N3O2/c1-5-2-6-9-7(3-8(14)10(6)15)11-4-12-13(5)9/h2,4H,3H2,1H3. The molecule has 2 heterocycles. The van der Waals surface area contributed by atoms with Gasteiger partial charge in [-0.15, -0.1) is 0 Å². The lowest BCUT2D eigenvalue weighted by atomic mass is 9.98. The molecule has 3 rings (SSSR count). The second-order valence-electron chi connectivity index (χ2n) is 3.60. The summed E-state index contributed by atoms with van der Waals surface area (Å²) in [5, 5.41) is 4.05. The Balaban J connectivity index is 2.52. The Hall–Kier alpha value is -2.04. The number of hydrogen-bond donors (Lipinski definition) is 0. The van der Waals surface area contributed by atoms with E-state index >= 15 is 0 Å². The van der Waals surface area contributed by atoms with E-state index in [4.69, 9.17) is 0 Å². The van der Waals surface area contributed by atoms with Crippen molar-refractivity contribution in [3.8, 4) is 0 Å². The van der Waals surface area contributed by atoms with Crippen LogP contribution in [0.2, 0.25) is 0 Å². The molecule has 2 aromatic rings. The van der Waals surface area contributed by atoms with Crippen LogP contribution in [0, 0.1) is 6.92 Å². The highest BCUT2D eigenvalue weighted by Crippen LogP contribution is 2.23. The van der Waals surface area contributed by atoms with Crippen LogP contribution in [-0.4, -0.2) is 26.2 Å². The van der Waals surface area contributed by atoms with Crippen LogP contribution in [0.5, 0.6) is 0 Å². The van der Waals surface area contributed by atoms with Crippen molar-refractivity contribution in [3.05, 3.63) is 29.3 Å². The molecule has 0 atom stereocenters. The van der Waals surface area contributed by atoms with Crippen molar-refractivity contribution in [1.29, 1.82) is 0 Å². The highest BCUT2D eigenvalue weighted by atomic mass is 16.2. The monoisotopic (exact) mass is 201 g/mol. The summed E-state index contributed by atoms with van der Waals surface area (Å²) in [6.45, 7) is 1.84. The van der Waals surface area contributed by atoms with Crippen molar-refractivity contribution in [2.45, 2.75) is 13.3 Å². The molecule has 0 unspecified atom stereocenters. The molecular weight excluding hydrogens is 194 g/mol. The maximum absolute atomic E-state index is 11.6. The molecule has 0 radical (unpaired) electrons. The molecule has 0 amide bonds. The van der Waals surface area contributed by atoms with Crippen LogP contribution in [0.4, 0.5) is 0 Å². The minimum atomic E-state index is -0.428. The first kappa shape index (κ1) is 8.28. The number of rotatable bonds is 0. The average Bonchev–Trinajstić information content (AvgIpc) is 2.55. The van der Waals surface area contributed by atoms with Gasteiger partial charge in [0, 0.05) is 5.69 Å². The van der Waals surface area contributed by atoms with Crippen LogP contribution in [-0.2, 0) is 11.2 Å². The summed E-state index contributed by atoms with van der Waals surface area (Å²) in [6.07, 6.45) is 1.49. The summed E-state index contributed by atoms with van der Waals surface area (Å²) < 4.78 is 1.65. The molecule has 0 N–H and O–H groups in total. The molecule has 0 aliphatic heterocycles. The van der Waals surface area contributed by atoms with E-state index in [1.54, 1.807) is 10.6 Å². The van der Waals surface area contributed by atoms with Crippen LogP contribution >= 0.6 is 0 Å². The number of carbonyl (C=O) groups is 2. The van der Waals surface area contributed by atoms with Gasteiger partial charge in [0.15, 0.2) is 0 Å². The van der Waals surface area contributed by atoms with Crippen LogP contribution in [0.3, 0.4) is 0 Å². The SMILES string of the molecule is Cc1cc2c3c(ncnn13)CC(=O)C2=O. The van der Waals surface area contributed by atoms with Gasteiger partial charge in [0.2, 0.25) is 11.6 Å². The highest BCUT2D eigenvalue weighted by Gasteiger charge is 2.29. The lowest BCUT2D eigenvalue weighted by Gasteiger charge is -2.08. The normalized spacial score (nSPS) is 15.0. The molecule has 0 bridgehead atoms. The molecule has 1 aliphatic rings. The van der Waals surface area contributed by atoms with Gasteiger partial charge in [-0.05, 0) is 13.0 Å². The Labute approximate surface area is 84.7 Å². The van der Waals surface area contributed by atoms with Crippen LogP contribution < -0.4 is 0 Å². The summed E-state index contributed by atoms with van der Waals surface area (Å²) in [5.41, 5.74) is 2.59. The first-order valence-corrected chi connectivity index (χ1v) is 4.58. The minimum Gasteiger partial charge on any atom is -0.290 e. The van der Waals surface area contributed by atoms with Crippen LogP contribution in [0.25, 0.3) is 5.52 Å². The fourth-order valence-electron chi connectivity index (χ4n) is 1.95. The van der Waals surface area contributed by atoms with E-state index in [0.717, 1.165) is 5.69 Å². The second kappa shape index (κ2) is 2.50. The highest BCUT2D eigenvalue weighted by molar-refractivity contribution is 6.47. The number of nitrogens with zero attached hydrogens (tertiary/aromatic N) is 3. The van der Waals surface area contributed by atoms with E-state index in [1.165, 1.54) is 6.33 Å². The van der Waals surface area contributed by atoms with Gasteiger partial charge in [0.25, 0.3) is 0 Å². The second-order valence-corrected chi connectivity index (χ2v) is 3.60. The van der Waals surface area contributed by atoms with E-state index in [2.05, 4.69) is 10.1 Å². The lowest BCUT2D eigenvalue weighted by molar-refractivity contribution is -0.114. The molecule has 5 nitrogen and oxygen atoms in total.